The molecule has 0 saturated heterocycles. The molecular weight excluding hydrogens is 332 g/mol. The number of aryl methyl sites for hydroxylation is 2. The largest absolute Gasteiger partial charge is 0.357 e. The maximum atomic E-state index is 11.8. The summed E-state index contributed by atoms with van der Waals surface area (Å²) in [4.78, 5) is 17.8. The highest BCUT2D eigenvalue weighted by Crippen LogP contribution is 2.16. The SMILES string of the molecule is CCNC(=NCc1sccc1C)NCCCCn1c(C)cccc1=O. The van der Waals surface area contributed by atoms with Crippen LogP contribution in [0.5, 0.6) is 0 Å². The molecular formula is C19H28N4OS. The number of hydrogen-bond donors (Lipinski definition) is 2. The minimum atomic E-state index is 0.0779. The van der Waals surface area contributed by atoms with Gasteiger partial charge in [0.2, 0.25) is 0 Å². The van der Waals surface area contributed by atoms with Crippen molar-refractivity contribution in [1.29, 1.82) is 0 Å². The van der Waals surface area contributed by atoms with Crippen LogP contribution >= 0.6 is 11.3 Å². The van der Waals surface area contributed by atoms with Crippen molar-refractivity contribution in [1.82, 2.24) is 15.2 Å². The van der Waals surface area contributed by atoms with Crippen molar-refractivity contribution in [3.8, 4) is 0 Å². The Balaban J connectivity index is 1.77. The Hall–Kier alpha value is -2.08. The summed E-state index contributed by atoms with van der Waals surface area (Å²) in [5.41, 5.74) is 2.39. The molecule has 136 valence electrons. The zero-order valence-corrected chi connectivity index (χ0v) is 16.2. The van der Waals surface area contributed by atoms with Gasteiger partial charge >= 0.3 is 0 Å². The van der Waals surface area contributed by atoms with Gasteiger partial charge in [0.15, 0.2) is 5.96 Å². The summed E-state index contributed by atoms with van der Waals surface area (Å²) in [6.45, 7) is 9.31. The molecule has 0 aromatic carbocycles. The van der Waals surface area contributed by atoms with E-state index >= 15 is 0 Å². The lowest BCUT2D eigenvalue weighted by Crippen LogP contribution is -2.37. The molecule has 0 radical (unpaired) electrons. The van der Waals surface area contributed by atoms with Gasteiger partial charge < -0.3 is 15.2 Å². The van der Waals surface area contributed by atoms with Gasteiger partial charge in [-0.3, -0.25) is 4.79 Å². The van der Waals surface area contributed by atoms with Gasteiger partial charge in [-0.1, -0.05) is 6.07 Å². The van der Waals surface area contributed by atoms with E-state index in [1.807, 2.05) is 23.6 Å². The number of nitrogens with one attached hydrogen (secondary N) is 2. The molecule has 5 nitrogen and oxygen atoms in total. The number of guanidine groups is 1. The molecule has 2 N–H and O–H groups in total. The van der Waals surface area contributed by atoms with Crippen LogP contribution in [-0.4, -0.2) is 23.6 Å². The molecule has 2 aromatic heterocycles. The Morgan fingerprint density at radius 2 is 2.04 bits per heavy atom. The normalized spacial score (nSPS) is 11.6. The van der Waals surface area contributed by atoms with Crippen molar-refractivity contribution in [3.05, 3.63) is 56.1 Å². The molecule has 6 heteroatoms. The Kier molecular flexibility index (Phi) is 7.73. The average Bonchev–Trinajstić information content (AvgIpc) is 2.99. The first-order valence-electron chi connectivity index (χ1n) is 8.83. The maximum Gasteiger partial charge on any atom is 0.250 e. The Morgan fingerprint density at radius 3 is 2.72 bits per heavy atom. The van der Waals surface area contributed by atoms with E-state index in [0.29, 0.717) is 6.54 Å². The zero-order valence-electron chi connectivity index (χ0n) is 15.3. The maximum absolute atomic E-state index is 11.8. The first-order valence-corrected chi connectivity index (χ1v) is 9.71. The van der Waals surface area contributed by atoms with Crippen molar-refractivity contribution in [2.24, 2.45) is 4.99 Å². The van der Waals surface area contributed by atoms with Crippen LogP contribution in [0.25, 0.3) is 0 Å². The third-order valence-electron chi connectivity index (χ3n) is 4.06. The summed E-state index contributed by atoms with van der Waals surface area (Å²) in [6.07, 6.45) is 1.95. The average molecular weight is 361 g/mol. The second-order valence-electron chi connectivity index (χ2n) is 6.01. The van der Waals surface area contributed by atoms with Gasteiger partial charge in [-0.15, -0.1) is 11.3 Å². The van der Waals surface area contributed by atoms with Gasteiger partial charge in [0.25, 0.3) is 5.56 Å². The molecule has 0 spiro atoms. The van der Waals surface area contributed by atoms with E-state index in [1.165, 1.54) is 10.4 Å². The van der Waals surface area contributed by atoms with Crippen LogP contribution in [0.1, 0.15) is 35.9 Å². The van der Waals surface area contributed by atoms with Crippen LogP contribution < -0.4 is 16.2 Å². The molecule has 0 atom stereocenters. The second kappa shape index (κ2) is 10.0. The predicted molar refractivity (Wildman–Crippen MR) is 107 cm³/mol. The fourth-order valence-electron chi connectivity index (χ4n) is 2.57. The summed E-state index contributed by atoms with van der Waals surface area (Å²) < 4.78 is 1.83. The molecule has 0 fully saturated rings. The first-order chi connectivity index (χ1) is 12.1. The van der Waals surface area contributed by atoms with Crippen molar-refractivity contribution in [3.63, 3.8) is 0 Å². The summed E-state index contributed by atoms with van der Waals surface area (Å²) >= 11 is 1.75. The van der Waals surface area contributed by atoms with Crippen LogP contribution in [0, 0.1) is 13.8 Å². The monoisotopic (exact) mass is 360 g/mol. The van der Waals surface area contributed by atoms with E-state index in [-0.39, 0.29) is 5.56 Å². The molecule has 0 amide bonds. The zero-order chi connectivity index (χ0) is 18.1. The minimum Gasteiger partial charge on any atom is -0.357 e. The topological polar surface area (TPSA) is 58.4 Å². The molecule has 0 aliphatic rings. The lowest BCUT2D eigenvalue weighted by molar-refractivity contribution is 0.575. The summed E-state index contributed by atoms with van der Waals surface area (Å²) in [5, 5.41) is 8.76. The van der Waals surface area contributed by atoms with E-state index in [0.717, 1.165) is 44.1 Å². The predicted octanol–water partition coefficient (Wildman–Crippen LogP) is 3.06. The van der Waals surface area contributed by atoms with Gasteiger partial charge in [0, 0.05) is 36.3 Å². The van der Waals surface area contributed by atoms with Crippen molar-refractivity contribution in [2.45, 2.75) is 46.7 Å². The smallest absolute Gasteiger partial charge is 0.250 e. The van der Waals surface area contributed by atoms with E-state index < -0.39 is 0 Å². The van der Waals surface area contributed by atoms with Gasteiger partial charge in [0.05, 0.1) is 6.54 Å². The third-order valence-corrected chi connectivity index (χ3v) is 5.07. The van der Waals surface area contributed by atoms with E-state index in [4.69, 9.17) is 0 Å². The lowest BCUT2D eigenvalue weighted by Gasteiger charge is -2.12. The highest BCUT2D eigenvalue weighted by molar-refractivity contribution is 7.10. The number of nitrogens with zero attached hydrogens (tertiary/aromatic N) is 2. The third kappa shape index (κ3) is 6.05. The number of hydrogen-bond acceptors (Lipinski definition) is 3. The molecule has 2 rings (SSSR count). The Bertz CT molecular complexity index is 748. The summed E-state index contributed by atoms with van der Waals surface area (Å²) in [6, 6.07) is 7.53. The number of pyridine rings is 1. The standard InChI is InChI=1S/C19H28N4OS/c1-4-20-19(22-14-17-15(2)10-13-25-17)21-11-5-6-12-23-16(3)8-7-9-18(23)24/h7-10,13H,4-6,11-12,14H2,1-3H3,(H2,20,21,22). The number of aromatic nitrogens is 1. The minimum absolute atomic E-state index is 0.0779. The van der Waals surface area contributed by atoms with Crippen LogP contribution in [0.3, 0.4) is 0 Å². The molecule has 2 aromatic rings. The van der Waals surface area contributed by atoms with Crippen LogP contribution in [-0.2, 0) is 13.1 Å². The van der Waals surface area contributed by atoms with Gasteiger partial charge in [-0.25, -0.2) is 4.99 Å². The molecule has 0 saturated carbocycles. The van der Waals surface area contributed by atoms with Crippen LogP contribution in [0.4, 0.5) is 0 Å². The van der Waals surface area contributed by atoms with Crippen LogP contribution in [0.15, 0.2) is 39.4 Å². The summed E-state index contributed by atoms with van der Waals surface area (Å²) in [5.74, 6) is 0.850. The number of thiophene rings is 1. The van der Waals surface area contributed by atoms with Gasteiger partial charge in [-0.05, 0) is 56.7 Å². The van der Waals surface area contributed by atoms with Crippen molar-refractivity contribution < 1.29 is 0 Å². The second-order valence-corrected chi connectivity index (χ2v) is 7.01. The van der Waals surface area contributed by atoms with Gasteiger partial charge in [-0.2, -0.15) is 0 Å². The lowest BCUT2D eigenvalue weighted by atomic mass is 10.3. The molecule has 0 unspecified atom stereocenters. The number of rotatable bonds is 8. The fraction of sp³-hybridized carbons (Fsp3) is 0.474. The fourth-order valence-corrected chi connectivity index (χ4v) is 3.40. The van der Waals surface area contributed by atoms with E-state index in [9.17, 15) is 4.79 Å². The Labute approximate surface area is 153 Å². The molecule has 2 heterocycles. The van der Waals surface area contributed by atoms with Gasteiger partial charge in [0.1, 0.15) is 0 Å². The molecule has 0 aliphatic carbocycles. The quantitative estimate of drug-likeness (QED) is 0.432. The summed E-state index contributed by atoms with van der Waals surface area (Å²) in [7, 11) is 0. The van der Waals surface area contributed by atoms with E-state index in [2.05, 4.69) is 40.9 Å². The highest BCUT2D eigenvalue weighted by Gasteiger charge is 2.02. The van der Waals surface area contributed by atoms with E-state index in [1.54, 1.807) is 17.4 Å². The van der Waals surface area contributed by atoms with Crippen molar-refractivity contribution >= 4 is 17.3 Å². The Morgan fingerprint density at radius 1 is 1.20 bits per heavy atom. The number of unbranched alkanes of at least 4 members (excludes halogenated alkanes) is 1. The highest BCUT2D eigenvalue weighted by atomic mass is 32.1. The number of aliphatic imine (C=N–C) groups is 1. The molecule has 0 bridgehead atoms. The molecule has 25 heavy (non-hydrogen) atoms. The molecule has 0 aliphatic heterocycles. The van der Waals surface area contributed by atoms with Crippen LogP contribution in [0.2, 0.25) is 0 Å². The first kappa shape index (κ1) is 19.2. The van der Waals surface area contributed by atoms with Crippen molar-refractivity contribution in [2.75, 3.05) is 13.1 Å².